The number of amides is 1. The van der Waals surface area contributed by atoms with E-state index in [4.69, 9.17) is 4.74 Å². The number of hydrogen-bond acceptors (Lipinski definition) is 3. The summed E-state index contributed by atoms with van der Waals surface area (Å²) >= 11 is 5.19. The van der Waals surface area contributed by atoms with Gasteiger partial charge in [-0.25, -0.2) is 0 Å². The number of para-hydroxylation sites is 1. The van der Waals surface area contributed by atoms with Gasteiger partial charge in [-0.05, 0) is 44.9 Å². The van der Waals surface area contributed by atoms with Crippen molar-refractivity contribution in [3.05, 3.63) is 62.9 Å². The van der Waals surface area contributed by atoms with Gasteiger partial charge in [0.1, 0.15) is 5.75 Å². The SMILES string of the molecule is CC(C)c1c(C(=O)N[C@H]2CCOc3ccccc32)sc2c(Br)cccc12. The van der Waals surface area contributed by atoms with Gasteiger partial charge in [0.15, 0.2) is 0 Å². The van der Waals surface area contributed by atoms with Crippen LogP contribution < -0.4 is 10.1 Å². The largest absolute Gasteiger partial charge is 0.493 e. The standard InChI is InChI=1S/C21H20BrNO2S/c1-12(2)18-14-7-5-8-15(22)19(14)26-20(18)21(24)23-16-10-11-25-17-9-4-3-6-13(16)17/h3-9,12,16H,10-11H2,1-2H3,(H,23,24)/t16-/m0/s1. The van der Waals surface area contributed by atoms with E-state index in [0.29, 0.717) is 6.61 Å². The molecule has 1 N–H and O–H groups in total. The minimum Gasteiger partial charge on any atom is -0.493 e. The molecule has 3 nitrogen and oxygen atoms in total. The summed E-state index contributed by atoms with van der Waals surface area (Å²) in [6, 6.07) is 14.1. The highest BCUT2D eigenvalue weighted by Gasteiger charge is 2.26. The number of hydrogen-bond donors (Lipinski definition) is 1. The van der Waals surface area contributed by atoms with Gasteiger partial charge in [-0.15, -0.1) is 11.3 Å². The molecule has 5 heteroatoms. The highest BCUT2D eigenvalue weighted by molar-refractivity contribution is 9.10. The third-order valence-electron chi connectivity index (χ3n) is 4.75. The Hall–Kier alpha value is -1.85. The Morgan fingerprint density at radius 2 is 2.04 bits per heavy atom. The summed E-state index contributed by atoms with van der Waals surface area (Å²) in [6.07, 6.45) is 0.786. The maximum atomic E-state index is 13.2. The molecule has 0 unspecified atom stereocenters. The monoisotopic (exact) mass is 429 g/mol. The molecule has 0 radical (unpaired) electrons. The molecule has 0 saturated heterocycles. The highest BCUT2D eigenvalue weighted by Crippen LogP contribution is 2.40. The molecule has 4 rings (SSSR count). The van der Waals surface area contributed by atoms with Crippen molar-refractivity contribution in [3.63, 3.8) is 0 Å². The van der Waals surface area contributed by atoms with E-state index in [1.165, 1.54) is 0 Å². The Morgan fingerprint density at radius 3 is 2.85 bits per heavy atom. The summed E-state index contributed by atoms with van der Waals surface area (Å²) in [7, 11) is 0. The number of fused-ring (bicyclic) bond motifs is 2. The van der Waals surface area contributed by atoms with E-state index in [0.717, 1.165) is 42.7 Å². The predicted octanol–water partition coefficient (Wildman–Crippen LogP) is 6.04. The molecule has 1 aliphatic rings. The van der Waals surface area contributed by atoms with Crippen LogP contribution in [0.5, 0.6) is 5.75 Å². The van der Waals surface area contributed by atoms with Crippen LogP contribution in [0.3, 0.4) is 0 Å². The van der Waals surface area contributed by atoms with E-state index in [1.807, 2.05) is 36.4 Å². The molecule has 1 atom stereocenters. The summed E-state index contributed by atoms with van der Waals surface area (Å²) in [5, 5.41) is 4.41. The molecular formula is C21H20BrNO2S. The molecule has 0 aliphatic carbocycles. The topological polar surface area (TPSA) is 38.3 Å². The first-order chi connectivity index (χ1) is 12.6. The molecule has 26 heavy (non-hydrogen) atoms. The number of rotatable bonds is 3. The fourth-order valence-corrected chi connectivity index (χ4v) is 5.44. The Kier molecular flexibility index (Phi) is 4.76. The number of thiophene rings is 1. The van der Waals surface area contributed by atoms with Gasteiger partial charge < -0.3 is 10.1 Å². The molecule has 3 aromatic rings. The van der Waals surface area contributed by atoms with Crippen molar-refractivity contribution < 1.29 is 9.53 Å². The van der Waals surface area contributed by atoms with Crippen molar-refractivity contribution >= 4 is 43.3 Å². The molecular weight excluding hydrogens is 410 g/mol. The van der Waals surface area contributed by atoms with Crippen molar-refractivity contribution in [3.8, 4) is 5.75 Å². The average molecular weight is 430 g/mol. The van der Waals surface area contributed by atoms with Gasteiger partial charge in [0.25, 0.3) is 5.91 Å². The highest BCUT2D eigenvalue weighted by atomic mass is 79.9. The lowest BCUT2D eigenvalue weighted by Crippen LogP contribution is -2.32. The summed E-state index contributed by atoms with van der Waals surface area (Å²) < 4.78 is 7.88. The van der Waals surface area contributed by atoms with E-state index >= 15 is 0 Å². The van der Waals surface area contributed by atoms with Gasteiger partial charge in [0.05, 0.1) is 17.5 Å². The van der Waals surface area contributed by atoms with Crippen molar-refractivity contribution in [1.82, 2.24) is 5.32 Å². The van der Waals surface area contributed by atoms with Crippen molar-refractivity contribution in [2.45, 2.75) is 32.2 Å². The van der Waals surface area contributed by atoms with Crippen LogP contribution in [-0.4, -0.2) is 12.5 Å². The maximum Gasteiger partial charge on any atom is 0.262 e. The number of carbonyl (C=O) groups is 1. The molecule has 0 saturated carbocycles. The van der Waals surface area contributed by atoms with Gasteiger partial charge in [0, 0.05) is 21.2 Å². The quantitative estimate of drug-likeness (QED) is 0.550. The fourth-order valence-electron chi connectivity index (χ4n) is 3.56. The van der Waals surface area contributed by atoms with E-state index < -0.39 is 0 Å². The van der Waals surface area contributed by atoms with Gasteiger partial charge in [-0.1, -0.05) is 44.2 Å². The zero-order valence-corrected chi connectivity index (χ0v) is 17.1. The lowest BCUT2D eigenvalue weighted by Gasteiger charge is -2.26. The molecule has 0 bridgehead atoms. The van der Waals surface area contributed by atoms with Gasteiger partial charge in [-0.2, -0.15) is 0 Å². The third kappa shape index (κ3) is 3.03. The lowest BCUT2D eigenvalue weighted by atomic mass is 9.98. The van der Waals surface area contributed by atoms with E-state index in [2.05, 4.69) is 41.2 Å². The maximum absolute atomic E-state index is 13.2. The van der Waals surface area contributed by atoms with Crippen LogP contribution in [0, 0.1) is 0 Å². The Morgan fingerprint density at radius 1 is 1.23 bits per heavy atom. The van der Waals surface area contributed by atoms with Crippen molar-refractivity contribution in [2.75, 3.05) is 6.61 Å². The van der Waals surface area contributed by atoms with E-state index in [9.17, 15) is 4.79 Å². The molecule has 134 valence electrons. The second kappa shape index (κ2) is 7.05. The predicted molar refractivity (Wildman–Crippen MR) is 110 cm³/mol. The number of nitrogens with one attached hydrogen (secondary N) is 1. The Labute approximate surface area is 165 Å². The number of benzene rings is 2. The summed E-state index contributed by atoms with van der Waals surface area (Å²) in [6.45, 7) is 4.91. The number of ether oxygens (including phenoxy) is 1. The van der Waals surface area contributed by atoms with E-state index in [1.54, 1.807) is 11.3 Å². The molecule has 1 aliphatic heterocycles. The third-order valence-corrected chi connectivity index (χ3v) is 6.93. The zero-order chi connectivity index (χ0) is 18.3. The summed E-state index contributed by atoms with van der Waals surface area (Å²) in [4.78, 5) is 14.0. The number of halogens is 1. The molecule has 2 heterocycles. The molecule has 1 amide bonds. The fraction of sp³-hybridized carbons (Fsp3) is 0.286. The van der Waals surface area contributed by atoms with Crippen molar-refractivity contribution in [2.24, 2.45) is 0 Å². The van der Waals surface area contributed by atoms with Crippen LogP contribution >= 0.6 is 27.3 Å². The Bertz CT molecular complexity index is 979. The first kappa shape index (κ1) is 17.6. The van der Waals surface area contributed by atoms with Gasteiger partial charge >= 0.3 is 0 Å². The van der Waals surface area contributed by atoms with Crippen LogP contribution in [0.2, 0.25) is 0 Å². The number of carbonyl (C=O) groups excluding carboxylic acids is 1. The first-order valence-corrected chi connectivity index (χ1v) is 10.4. The molecule has 1 aromatic heterocycles. The van der Waals surface area contributed by atoms with E-state index in [-0.39, 0.29) is 17.9 Å². The van der Waals surface area contributed by atoms with Gasteiger partial charge in [0.2, 0.25) is 0 Å². The molecule has 2 aromatic carbocycles. The van der Waals surface area contributed by atoms with Gasteiger partial charge in [-0.3, -0.25) is 4.79 Å². The minimum atomic E-state index is -0.0129. The normalized spacial score (nSPS) is 16.4. The Balaban J connectivity index is 1.72. The van der Waals surface area contributed by atoms with Crippen molar-refractivity contribution in [1.29, 1.82) is 0 Å². The van der Waals surface area contributed by atoms with Crippen LogP contribution in [0.25, 0.3) is 10.1 Å². The molecule has 0 fully saturated rings. The minimum absolute atomic E-state index is 0.00324. The second-order valence-electron chi connectivity index (χ2n) is 6.82. The lowest BCUT2D eigenvalue weighted by molar-refractivity contribution is 0.0928. The van der Waals surface area contributed by atoms with Crippen LogP contribution in [-0.2, 0) is 0 Å². The molecule has 0 spiro atoms. The summed E-state index contributed by atoms with van der Waals surface area (Å²) in [5.74, 6) is 1.15. The second-order valence-corrected chi connectivity index (χ2v) is 8.69. The van der Waals surface area contributed by atoms with Crippen LogP contribution in [0.4, 0.5) is 0 Å². The van der Waals surface area contributed by atoms with Crippen LogP contribution in [0.15, 0.2) is 46.9 Å². The smallest absolute Gasteiger partial charge is 0.262 e. The first-order valence-electron chi connectivity index (χ1n) is 8.79. The average Bonchev–Trinajstić information content (AvgIpc) is 3.03. The van der Waals surface area contributed by atoms with Crippen LogP contribution in [0.1, 0.15) is 53.0 Å². The zero-order valence-electron chi connectivity index (χ0n) is 14.7. The summed E-state index contributed by atoms with van der Waals surface area (Å²) in [5.41, 5.74) is 2.18.